The molecule has 1 aromatic rings. The molecule has 0 spiro atoms. The Morgan fingerprint density at radius 3 is 2.32 bits per heavy atom. The number of carboxylic acids is 1. The van der Waals surface area contributed by atoms with Gasteiger partial charge in [-0.2, -0.15) is 0 Å². The molecule has 104 valence electrons. The van der Waals surface area contributed by atoms with Crippen LogP contribution in [0.25, 0.3) is 0 Å². The zero-order chi connectivity index (χ0) is 14.7. The number of rotatable bonds is 4. The molecule has 1 amide bonds. The van der Waals surface area contributed by atoms with E-state index in [1.165, 1.54) is 5.56 Å². The van der Waals surface area contributed by atoms with Gasteiger partial charge in [-0.15, -0.1) is 0 Å². The number of carboxylic acid groups (broad SMARTS) is 1. The average molecular weight is 263 g/mol. The Bertz CT molecular complexity index is 508. The van der Waals surface area contributed by atoms with Crippen LogP contribution in [0.1, 0.15) is 30.0 Å². The second kappa shape index (κ2) is 5.87. The maximum atomic E-state index is 12.1. The first kappa shape index (κ1) is 15.2. The molecule has 1 atom stereocenters. The lowest BCUT2D eigenvalue weighted by Crippen LogP contribution is -2.30. The first-order valence-corrected chi connectivity index (χ1v) is 6.31. The number of anilines is 1. The van der Waals surface area contributed by atoms with Gasteiger partial charge in [0.1, 0.15) is 0 Å². The van der Waals surface area contributed by atoms with E-state index in [0.717, 1.165) is 16.8 Å². The van der Waals surface area contributed by atoms with Gasteiger partial charge in [-0.1, -0.05) is 13.0 Å². The van der Waals surface area contributed by atoms with Crippen LogP contribution in [0.5, 0.6) is 0 Å². The molecule has 1 N–H and O–H groups in total. The highest BCUT2D eigenvalue weighted by atomic mass is 16.4. The van der Waals surface area contributed by atoms with E-state index < -0.39 is 11.9 Å². The smallest absolute Gasteiger partial charge is 0.306 e. The van der Waals surface area contributed by atoms with E-state index in [-0.39, 0.29) is 12.3 Å². The van der Waals surface area contributed by atoms with Gasteiger partial charge < -0.3 is 10.0 Å². The van der Waals surface area contributed by atoms with Gasteiger partial charge in [0.15, 0.2) is 0 Å². The Kier molecular flexibility index (Phi) is 4.70. The zero-order valence-electron chi connectivity index (χ0n) is 12.2. The van der Waals surface area contributed by atoms with Crippen molar-refractivity contribution in [2.75, 3.05) is 11.9 Å². The molecular weight excluding hydrogens is 242 g/mol. The van der Waals surface area contributed by atoms with Gasteiger partial charge in [-0.25, -0.2) is 0 Å². The van der Waals surface area contributed by atoms with Crippen LogP contribution in [0.4, 0.5) is 5.69 Å². The molecule has 19 heavy (non-hydrogen) atoms. The Morgan fingerprint density at radius 2 is 1.79 bits per heavy atom. The van der Waals surface area contributed by atoms with Crippen LogP contribution in [0.15, 0.2) is 12.1 Å². The number of hydrogen-bond acceptors (Lipinski definition) is 2. The minimum atomic E-state index is -0.946. The summed E-state index contributed by atoms with van der Waals surface area (Å²) in [4.78, 5) is 24.4. The topological polar surface area (TPSA) is 57.6 Å². The van der Waals surface area contributed by atoms with E-state index in [0.29, 0.717) is 0 Å². The summed E-state index contributed by atoms with van der Waals surface area (Å²) in [5, 5.41) is 8.85. The van der Waals surface area contributed by atoms with Crippen molar-refractivity contribution in [1.82, 2.24) is 0 Å². The predicted molar refractivity (Wildman–Crippen MR) is 75.5 cm³/mol. The highest BCUT2D eigenvalue weighted by Crippen LogP contribution is 2.25. The molecule has 0 fully saturated rings. The van der Waals surface area contributed by atoms with Gasteiger partial charge in [0.2, 0.25) is 5.91 Å². The Balaban J connectivity index is 2.95. The zero-order valence-corrected chi connectivity index (χ0v) is 12.2. The number of amides is 1. The number of hydrogen-bond donors (Lipinski definition) is 1. The van der Waals surface area contributed by atoms with Crippen molar-refractivity contribution in [2.45, 2.75) is 34.1 Å². The third kappa shape index (κ3) is 3.34. The van der Waals surface area contributed by atoms with Crippen LogP contribution < -0.4 is 4.90 Å². The summed E-state index contributed by atoms with van der Waals surface area (Å²) in [5.41, 5.74) is 4.23. The average Bonchev–Trinajstić information content (AvgIpc) is 2.35. The number of nitrogens with zero attached hydrogens (tertiary/aromatic N) is 1. The predicted octanol–water partition coefficient (Wildman–Crippen LogP) is 2.69. The monoisotopic (exact) mass is 263 g/mol. The molecule has 4 heteroatoms. The fourth-order valence-corrected chi connectivity index (χ4v) is 1.93. The molecule has 0 aliphatic carbocycles. The molecule has 1 rings (SSSR count). The summed E-state index contributed by atoms with van der Waals surface area (Å²) in [6.07, 6.45) is 0.0121. The third-order valence-corrected chi connectivity index (χ3v) is 3.67. The van der Waals surface area contributed by atoms with Gasteiger partial charge in [0.25, 0.3) is 0 Å². The third-order valence-electron chi connectivity index (χ3n) is 3.67. The highest BCUT2D eigenvalue weighted by Gasteiger charge is 2.20. The van der Waals surface area contributed by atoms with Crippen molar-refractivity contribution in [1.29, 1.82) is 0 Å². The van der Waals surface area contributed by atoms with E-state index in [1.54, 1.807) is 18.9 Å². The van der Waals surface area contributed by atoms with Crippen molar-refractivity contribution in [3.05, 3.63) is 28.8 Å². The molecule has 1 aromatic carbocycles. The molecule has 0 bridgehead atoms. The standard InChI is InChI=1S/C15H21NO3/c1-9-6-7-13(12(4)11(9)3)16(5)14(17)8-10(2)15(18)19/h6-7,10H,8H2,1-5H3,(H,18,19). The van der Waals surface area contributed by atoms with Gasteiger partial charge in [0, 0.05) is 19.2 Å². The molecule has 0 heterocycles. The lowest BCUT2D eigenvalue weighted by atomic mass is 10.0. The molecule has 4 nitrogen and oxygen atoms in total. The number of aliphatic carboxylic acids is 1. The van der Waals surface area contributed by atoms with Crippen molar-refractivity contribution < 1.29 is 14.7 Å². The highest BCUT2D eigenvalue weighted by molar-refractivity contribution is 5.95. The minimum Gasteiger partial charge on any atom is -0.481 e. The molecule has 1 unspecified atom stereocenters. The van der Waals surface area contributed by atoms with Crippen LogP contribution in [-0.4, -0.2) is 24.0 Å². The largest absolute Gasteiger partial charge is 0.481 e. The van der Waals surface area contributed by atoms with Crippen LogP contribution in [0.2, 0.25) is 0 Å². The molecule has 0 radical (unpaired) electrons. The molecule has 0 aromatic heterocycles. The minimum absolute atomic E-state index is 0.0121. The quantitative estimate of drug-likeness (QED) is 0.908. The van der Waals surface area contributed by atoms with E-state index >= 15 is 0 Å². The summed E-state index contributed by atoms with van der Waals surface area (Å²) in [6.45, 7) is 7.57. The van der Waals surface area contributed by atoms with Crippen LogP contribution >= 0.6 is 0 Å². The number of carbonyl (C=O) groups excluding carboxylic acids is 1. The molecule has 0 aliphatic heterocycles. The van der Waals surface area contributed by atoms with E-state index in [9.17, 15) is 9.59 Å². The summed E-state index contributed by atoms with van der Waals surface area (Å²) >= 11 is 0. The van der Waals surface area contributed by atoms with Crippen LogP contribution in [0, 0.1) is 26.7 Å². The Hall–Kier alpha value is -1.84. The first-order valence-electron chi connectivity index (χ1n) is 6.31. The van der Waals surface area contributed by atoms with Crippen LogP contribution in [-0.2, 0) is 9.59 Å². The van der Waals surface area contributed by atoms with Gasteiger partial charge in [-0.3, -0.25) is 9.59 Å². The van der Waals surface area contributed by atoms with Crippen LogP contribution in [0.3, 0.4) is 0 Å². The normalized spacial score (nSPS) is 12.1. The van der Waals surface area contributed by atoms with Gasteiger partial charge in [0.05, 0.1) is 5.92 Å². The first-order chi connectivity index (χ1) is 8.75. The number of benzene rings is 1. The van der Waals surface area contributed by atoms with Crippen molar-refractivity contribution >= 4 is 17.6 Å². The van der Waals surface area contributed by atoms with E-state index in [1.807, 2.05) is 32.9 Å². The summed E-state index contributed by atoms with van der Waals surface area (Å²) < 4.78 is 0. The van der Waals surface area contributed by atoms with Gasteiger partial charge in [-0.05, 0) is 43.5 Å². The van der Waals surface area contributed by atoms with E-state index in [4.69, 9.17) is 5.11 Å². The summed E-state index contributed by atoms with van der Waals surface area (Å²) in [5.74, 6) is -1.79. The molecule has 0 aliphatic rings. The Labute approximate surface area is 114 Å². The molecule has 0 saturated carbocycles. The van der Waals surface area contributed by atoms with Crippen molar-refractivity contribution in [3.63, 3.8) is 0 Å². The number of carbonyl (C=O) groups is 2. The van der Waals surface area contributed by atoms with E-state index in [2.05, 4.69) is 0 Å². The van der Waals surface area contributed by atoms with Crippen molar-refractivity contribution in [3.8, 4) is 0 Å². The lowest BCUT2D eigenvalue weighted by molar-refractivity contribution is -0.143. The second-order valence-corrected chi connectivity index (χ2v) is 5.05. The summed E-state index contributed by atoms with van der Waals surface area (Å²) in [7, 11) is 1.69. The lowest BCUT2D eigenvalue weighted by Gasteiger charge is -2.22. The SMILES string of the molecule is Cc1ccc(N(C)C(=O)CC(C)C(=O)O)c(C)c1C. The second-order valence-electron chi connectivity index (χ2n) is 5.05. The summed E-state index contributed by atoms with van der Waals surface area (Å²) in [6, 6.07) is 3.88. The van der Waals surface area contributed by atoms with Crippen molar-refractivity contribution in [2.24, 2.45) is 5.92 Å². The Morgan fingerprint density at radius 1 is 1.21 bits per heavy atom. The fraction of sp³-hybridized carbons (Fsp3) is 0.467. The maximum absolute atomic E-state index is 12.1. The molecular formula is C15H21NO3. The number of aryl methyl sites for hydroxylation is 1. The molecule has 0 saturated heterocycles. The maximum Gasteiger partial charge on any atom is 0.306 e. The van der Waals surface area contributed by atoms with Gasteiger partial charge >= 0.3 is 5.97 Å². The fourth-order valence-electron chi connectivity index (χ4n) is 1.93.